The summed E-state index contributed by atoms with van der Waals surface area (Å²) in [6, 6.07) is 9.90. The van der Waals surface area contributed by atoms with E-state index < -0.39 is 0 Å². The van der Waals surface area contributed by atoms with Crippen LogP contribution in [0.5, 0.6) is 0 Å². The van der Waals surface area contributed by atoms with E-state index in [1.54, 1.807) is 0 Å². The molecular formula is C18H23NO2. The Morgan fingerprint density at radius 1 is 1.24 bits per heavy atom. The monoisotopic (exact) mass is 285 g/mol. The highest BCUT2D eigenvalue weighted by Crippen LogP contribution is 2.37. The quantitative estimate of drug-likeness (QED) is 0.833. The molecule has 1 aromatic rings. The number of aliphatic imine (C=N–C) groups is 1. The Kier molecular flexibility index (Phi) is 4.31. The summed E-state index contributed by atoms with van der Waals surface area (Å²) in [4.78, 5) is 16.7. The van der Waals surface area contributed by atoms with Crippen LogP contribution in [0.25, 0.3) is 0 Å². The fourth-order valence-corrected chi connectivity index (χ4v) is 2.57. The van der Waals surface area contributed by atoms with Gasteiger partial charge in [0.1, 0.15) is 5.76 Å². The maximum Gasteiger partial charge on any atom is 0.168 e. The van der Waals surface area contributed by atoms with Crippen molar-refractivity contribution in [3.8, 4) is 0 Å². The molecule has 1 aliphatic rings. The Labute approximate surface area is 126 Å². The molecule has 3 heteroatoms. The molecule has 0 heterocycles. The van der Waals surface area contributed by atoms with Crippen LogP contribution in [0.3, 0.4) is 0 Å². The lowest BCUT2D eigenvalue weighted by Gasteiger charge is -2.29. The molecule has 0 saturated heterocycles. The van der Waals surface area contributed by atoms with Gasteiger partial charge in [-0.3, -0.25) is 9.79 Å². The minimum atomic E-state index is -0.257. The van der Waals surface area contributed by atoms with E-state index in [-0.39, 0.29) is 28.9 Å². The maximum atomic E-state index is 12.3. The first-order chi connectivity index (χ1) is 9.79. The van der Waals surface area contributed by atoms with Gasteiger partial charge in [-0.1, -0.05) is 37.3 Å². The van der Waals surface area contributed by atoms with Crippen LogP contribution in [-0.2, 0) is 4.79 Å². The number of benzene rings is 1. The molecule has 2 atom stereocenters. The third-order valence-corrected chi connectivity index (χ3v) is 3.83. The Morgan fingerprint density at radius 2 is 1.86 bits per heavy atom. The van der Waals surface area contributed by atoms with Crippen molar-refractivity contribution in [3.05, 3.63) is 47.2 Å². The van der Waals surface area contributed by atoms with Crippen LogP contribution in [0.2, 0.25) is 0 Å². The molecular weight excluding hydrogens is 262 g/mol. The first kappa shape index (κ1) is 15.5. The van der Waals surface area contributed by atoms with Gasteiger partial charge >= 0.3 is 0 Å². The lowest BCUT2D eigenvalue weighted by molar-refractivity contribution is -0.116. The average molecular weight is 285 g/mol. The fourth-order valence-electron chi connectivity index (χ4n) is 2.57. The minimum Gasteiger partial charge on any atom is -0.511 e. The third-order valence-electron chi connectivity index (χ3n) is 3.83. The number of aliphatic hydroxyl groups excluding tert-OH is 1. The highest BCUT2D eigenvalue weighted by molar-refractivity contribution is 6.14. The average Bonchev–Trinajstić information content (AvgIpc) is 2.42. The molecule has 0 bridgehead atoms. The molecule has 0 amide bonds. The molecule has 21 heavy (non-hydrogen) atoms. The van der Waals surface area contributed by atoms with Gasteiger partial charge in [-0.2, -0.15) is 0 Å². The summed E-state index contributed by atoms with van der Waals surface area (Å²) in [5, 5.41) is 10.4. The molecule has 0 fully saturated rings. The predicted octanol–water partition coefficient (Wildman–Crippen LogP) is 4.06. The molecule has 0 aromatic heterocycles. The molecule has 0 saturated carbocycles. The van der Waals surface area contributed by atoms with Crippen molar-refractivity contribution in [1.29, 1.82) is 0 Å². The zero-order chi connectivity index (χ0) is 15.6. The van der Waals surface area contributed by atoms with Gasteiger partial charge in [0.2, 0.25) is 0 Å². The van der Waals surface area contributed by atoms with Gasteiger partial charge in [-0.15, -0.1) is 0 Å². The van der Waals surface area contributed by atoms with E-state index in [9.17, 15) is 9.90 Å². The number of Topliss-reactive ketones (excluding diaryl/α,β-unsaturated/α-hetero) is 1. The maximum absolute atomic E-state index is 12.3. The van der Waals surface area contributed by atoms with Gasteiger partial charge < -0.3 is 5.11 Å². The van der Waals surface area contributed by atoms with Crippen molar-refractivity contribution in [2.45, 2.75) is 45.6 Å². The standard InChI is InChI=1S/C18H23NO2/c1-12-14(13-8-6-5-7-9-13)10-16(20)15(17(12)21)11-19-18(2,3)4/h5-9,11-12,14,21H,10H2,1-4H3. The molecule has 1 aliphatic carbocycles. The highest BCUT2D eigenvalue weighted by atomic mass is 16.3. The zero-order valence-corrected chi connectivity index (χ0v) is 13.1. The summed E-state index contributed by atoms with van der Waals surface area (Å²) < 4.78 is 0. The minimum absolute atomic E-state index is 0.0329. The molecule has 112 valence electrons. The van der Waals surface area contributed by atoms with Gasteiger partial charge in [0, 0.05) is 24.5 Å². The fraction of sp³-hybridized carbons (Fsp3) is 0.444. The van der Waals surface area contributed by atoms with E-state index in [0.29, 0.717) is 12.0 Å². The largest absolute Gasteiger partial charge is 0.511 e. The van der Waals surface area contributed by atoms with Crippen LogP contribution in [-0.4, -0.2) is 22.6 Å². The number of hydrogen-bond acceptors (Lipinski definition) is 3. The third kappa shape index (κ3) is 3.60. The van der Waals surface area contributed by atoms with Gasteiger partial charge in [0.25, 0.3) is 0 Å². The molecule has 2 unspecified atom stereocenters. The number of ketones is 1. The number of allylic oxidation sites excluding steroid dienone is 2. The predicted molar refractivity (Wildman–Crippen MR) is 85.9 cm³/mol. The SMILES string of the molecule is CC1C(O)=C(C=NC(C)(C)C)C(=O)CC1c1ccccc1. The Balaban J connectivity index is 2.33. The molecule has 1 aromatic carbocycles. The Bertz CT molecular complexity index is 579. The van der Waals surface area contributed by atoms with E-state index in [1.165, 1.54) is 6.21 Å². The van der Waals surface area contributed by atoms with E-state index in [2.05, 4.69) is 4.99 Å². The zero-order valence-electron chi connectivity index (χ0n) is 13.1. The van der Waals surface area contributed by atoms with E-state index in [4.69, 9.17) is 0 Å². The van der Waals surface area contributed by atoms with Crippen LogP contribution in [0, 0.1) is 5.92 Å². The second-order valence-electron chi connectivity index (χ2n) is 6.66. The highest BCUT2D eigenvalue weighted by Gasteiger charge is 2.34. The molecule has 2 rings (SSSR count). The van der Waals surface area contributed by atoms with E-state index in [0.717, 1.165) is 5.56 Å². The normalized spacial score (nSPS) is 23.9. The Hall–Kier alpha value is -1.90. The van der Waals surface area contributed by atoms with E-state index >= 15 is 0 Å². The van der Waals surface area contributed by atoms with Gasteiger partial charge in [-0.25, -0.2) is 0 Å². The lowest BCUT2D eigenvalue weighted by atomic mass is 9.76. The Morgan fingerprint density at radius 3 is 2.43 bits per heavy atom. The van der Waals surface area contributed by atoms with Crippen molar-refractivity contribution < 1.29 is 9.90 Å². The summed E-state index contributed by atoms with van der Waals surface area (Å²) in [6.07, 6.45) is 1.95. The van der Waals surface area contributed by atoms with Gasteiger partial charge in [0.15, 0.2) is 5.78 Å². The van der Waals surface area contributed by atoms with Gasteiger partial charge in [0.05, 0.1) is 11.1 Å². The molecule has 1 N–H and O–H groups in total. The van der Waals surface area contributed by atoms with Crippen molar-refractivity contribution in [2.24, 2.45) is 10.9 Å². The molecule has 0 radical (unpaired) electrons. The summed E-state index contributed by atoms with van der Waals surface area (Å²) in [5.74, 6) is 0.0811. The topological polar surface area (TPSA) is 49.7 Å². The van der Waals surface area contributed by atoms with Crippen molar-refractivity contribution in [3.63, 3.8) is 0 Å². The number of nitrogens with zero attached hydrogens (tertiary/aromatic N) is 1. The number of hydrogen-bond donors (Lipinski definition) is 1. The second kappa shape index (κ2) is 5.84. The van der Waals surface area contributed by atoms with Crippen molar-refractivity contribution >= 4 is 12.0 Å². The first-order valence-electron chi connectivity index (χ1n) is 7.36. The summed E-state index contributed by atoms with van der Waals surface area (Å²) in [6.45, 7) is 7.85. The van der Waals surface area contributed by atoms with Crippen molar-refractivity contribution in [2.75, 3.05) is 0 Å². The number of rotatable bonds is 2. The van der Waals surface area contributed by atoms with Crippen LogP contribution in [0.4, 0.5) is 0 Å². The van der Waals surface area contributed by atoms with E-state index in [1.807, 2.05) is 58.0 Å². The van der Waals surface area contributed by atoms with Gasteiger partial charge in [-0.05, 0) is 26.3 Å². The number of aliphatic hydroxyl groups is 1. The van der Waals surface area contributed by atoms with Crippen molar-refractivity contribution in [1.82, 2.24) is 0 Å². The summed E-state index contributed by atoms with van der Waals surface area (Å²) >= 11 is 0. The molecule has 0 aliphatic heterocycles. The molecule has 3 nitrogen and oxygen atoms in total. The molecule has 0 spiro atoms. The lowest BCUT2D eigenvalue weighted by Crippen LogP contribution is -2.26. The van der Waals surface area contributed by atoms with Crippen LogP contribution >= 0.6 is 0 Å². The summed E-state index contributed by atoms with van der Waals surface area (Å²) in [7, 11) is 0. The first-order valence-corrected chi connectivity index (χ1v) is 7.36. The smallest absolute Gasteiger partial charge is 0.168 e. The second-order valence-corrected chi connectivity index (χ2v) is 6.66. The van der Waals surface area contributed by atoms with Crippen LogP contribution < -0.4 is 0 Å². The number of carbonyl (C=O) groups is 1. The van der Waals surface area contributed by atoms with Crippen LogP contribution in [0.1, 0.15) is 45.6 Å². The summed E-state index contributed by atoms with van der Waals surface area (Å²) in [5.41, 5.74) is 1.20. The number of carbonyl (C=O) groups excluding carboxylic acids is 1. The van der Waals surface area contributed by atoms with Crippen LogP contribution in [0.15, 0.2) is 46.7 Å².